The largest absolute Gasteiger partial charge is 0.504 e. The van der Waals surface area contributed by atoms with Crippen LogP contribution in [-0.2, 0) is 0 Å². The van der Waals surface area contributed by atoms with E-state index in [1.54, 1.807) is 0 Å². The second kappa shape index (κ2) is 3.45. The van der Waals surface area contributed by atoms with Gasteiger partial charge in [-0.2, -0.15) is 0 Å². The van der Waals surface area contributed by atoms with Crippen molar-refractivity contribution in [2.24, 2.45) is 0 Å². The van der Waals surface area contributed by atoms with E-state index >= 15 is 0 Å². The van der Waals surface area contributed by atoms with Crippen molar-refractivity contribution in [1.29, 1.82) is 0 Å². The van der Waals surface area contributed by atoms with Crippen molar-refractivity contribution in [2.75, 3.05) is 5.88 Å². The lowest BCUT2D eigenvalue weighted by molar-refractivity contribution is 0.101. The molecule has 0 fully saturated rings. The van der Waals surface area contributed by atoms with Gasteiger partial charge in [-0.15, -0.1) is 11.6 Å². The highest BCUT2D eigenvalue weighted by Crippen LogP contribution is 2.28. The Bertz CT molecular complexity index is 309. The van der Waals surface area contributed by atoms with Gasteiger partial charge in [-0.25, -0.2) is 0 Å². The molecule has 0 heterocycles. The van der Waals surface area contributed by atoms with Crippen molar-refractivity contribution in [2.45, 2.75) is 0 Å². The lowest BCUT2D eigenvalue weighted by Crippen LogP contribution is -1.99. The van der Waals surface area contributed by atoms with E-state index in [2.05, 4.69) is 0 Å². The molecule has 0 saturated heterocycles. The molecule has 1 aromatic carbocycles. The number of rotatable bonds is 2. The highest BCUT2D eigenvalue weighted by molar-refractivity contribution is 6.30. The van der Waals surface area contributed by atoms with Gasteiger partial charge >= 0.3 is 0 Å². The molecule has 0 aliphatic rings. The fraction of sp³-hybridized carbons (Fsp3) is 0.125. The standard InChI is InChI=1S/C8H7ClO3/c9-4-7(11)5-2-1-3-6(10)8(5)12/h1-3,10,12H,4H2. The summed E-state index contributed by atoms with van der Waals surface area (Å²) in [5.41, 5.74) is 0.0463. The number of ketones is 1. The number of aromatic hydroxyl groups is 2. The molecule has 0 bridgehead atoms. The van der Waals surface area contributed by atoms with Crippen molar-refractivity contribution < 1.29 is 15.0 Å². The summed E-state index contributed by atoms with van der Waals surface area (Å²) in [6.45, 7) is 0. The Labute approximate surface area is 74.2 Å². The van der Waals surface area contributed by atoms with Crippen LogP contribution < -0.4 is 0 Å². The highest BCUT2D eigenvalue weighted by atomic mass is 35.5. The molecule has 0 aliphatic carbocycles. The SMILES string of the molecule is O=C(CCl)c1cccc(O)c1O. The first-order chi connectivity index (χ1) is 5.66. The summed E-state index contributed by atoms with van der Waals surface area (Å²) in [6, 6.07) is 4.16. The van der Waals surface area contributed by atoms with Crippen LogP contribution in [0.5, 0.6) is 11.5 Å². The van der Waals surface area contributed by atoms with Crippen LogP contribution in [0.3, 0.4) is 0 Å². The van der Waals surface area contributed by atoms with Crippen molar-refractivity contribution >= 4 is 17.4 Å². The zero-order valence-corrected chi connectivity index (χ0v) is 6.88. The summed E-state index contributed by atoms with van der Waals surface area (Å²) in [6.07, 6.45) is 0. The van der Waals surface area contributed by atoms with E-state index < -0.39 is 11.5 Å². The molecule has 0 amide bonds. The van der Waals surface area contributed by atoms with Crippen LogP contribution in [0.15, 0.2) is 18.2 Å². The maximum Gasteiger partial charge on any atom is 0.181 e. The van der Waals surface area contributed by atoms with Crippen LogP contribution in [0.2, 0.25) is 0 Å². The molecule has 0 spiro atoms. The summed E-state index contributed by atoms with van der Waals surface area (Å²) in [4.78, 5) is 11.0. The van der Waals surface area contributed by atoms with Gasteiger partial charge in [0, 0.05) is 0 Å². The summed E-state index contributed by atoms with van der Waals surface area (Å²) in [7, 11) is 0. The Hall–Kier alpha value is -1.22. The number of benzene rings is 1. The Kier molecular flexibility index (Phi) is 2.55. The average molecular weight is 187 g/mol. The number of Topliss-reactive ketones (excluding diaryl/α,β-unsaturated/α-hetero) is 1. The molecule has 64 valence electrons. The molecule has 0 saturated carbocycles. The van der Waals surface area contributed by atoms with Gasteiger partial charge in [0.05, 0.1) is 11.4 Å². The van der Waals surface area contributed by atoms with E-state index in [4.69, 9.17) is 21.8 Å². The molecule has 12 heavy (non-hydrogen) atoms. The minimum Gasteiger partial charge on any atom is -0.504 e. The van der Waals surface area contributed by atoms with Crippen LogP contribution in [0.1, 0.15) is 10.4 Å². The van der Waals surface area contributed by atoms with Crippen molar-refractivity contribution in [3.05, 3.63) is 23.8 Å². The smallest absolute Gasteiger partial charge is 0.181 e. The first kappa shape index (κ1) is 8.87. The molecule has 1 rings (SSSR count). The number of para-hydroxylation sites is 1. The third kappa shape index (κ3) is 1.51. The van der Waals surface area contributed by atoms with Gasteiger partial charge in [0.2, 0.25) is 0 Å². The van der Waals surface area contributed by atoms with E-state index in [1.165, 1.54) is 18.2 Å². The molecule has 1 aromatic rings. The lowest BCUT2D eigenvalue weighted by atomic mass is 10.1. The van der Waals surface area contributed by atoms with Crippen LogP contribution in [-0.4, -0.2) is 21.9 Å². The number of carbonyl (C=O) groups excluding carboxylic acids is 1. The number of phenolic OH excluding ortho intramolecular Hbond substituents is 2. The van der Waals surface area contributed by atoms with Gasteiger partial charge in [-0.1, -0.05) is 6.07 Å². The van der Waals surface area contributed by atoms with Gasteiger partial charge in [-0.3, -0.25) is 4.79 Å². The average Bonchev–Trinajstić information content (AvgIpc) is 2.08. The van der Waals surface area contributed by atoms with Gasteiger partial charge in [-0.05, 0) is 12.1 Å². The second-order valence-electron chi connectivity index (χ2n) is 2.23. The molecule has 0 unspecified atom stereocenters. The zero-order chi connectivity index (χ0) is 9.14. The Morgan fingerprint density at radius 1 is 1.42 bits per heavy atom. The molecular formula is C8H7ClO3. The maximum atomic E-state index is 11.0. The summed E-state index contributed by atoms with van der Waals surface area (Å²) in [5.74, 6) is -1.35. The fourth-order valence-corrected chi connectivity index (χ4v) is 0.972. The number of phenols is 2. The number of carbonyl (C=O) groups is 1. The van der Waals surface area contributed by atoms with E-state index in [0.29, 0.717) is 0 Å². The first-order valence-electron chi connectivity index (χ1n) is 3.27. The third-order valence-corrected chi connectivity index (χ3v) is 1.68. The van der Waals surface area contributed by atoms with E-state index in [0.717, 1.165) is 0 Å². The van der Waals surface area contributed by atoms with Gasteiger partial charge in [0.1, 0.15) is 0 Å². The minimum absolute atomic E-state index is 0.0463. The molecule has 2 N–H and O–H groups in total. The Morgan fingerprint density at radius 2 is 2.08 bits per heavy atom. The van der Waals surface area contributed by atoms with Gasteiger partial charge in [0.15, 0.2) is 17.3 Å². The van der Waals surface area contributed by atoms with Gasteiger partial charge in [0.25, 0.3) is 0 Å². The Balaban J connectivity index is 3.16. The fourth-order valence-electron chi connectivity index (χ4n) is 0.828. The predicted molar refractivity (Wildman–Crippen MR) is 44.8 cm³/mol. The van der Waals surface area contributed by atoms with Crippen LogP contribution in [0, 0.1) is 0 Å². The quantitative estimate of drug-likeness (QED) is 0.418. The van der Waals surface area contributed by atoms with Crippen molar-refractivity contribution in [3.63, 3.8) is 0 Å². The van der Waals surface area contributed by atoms with Crippen LogP contribution >= 0.6 is 11.6 Å². The van der Waals surface area contributed by atoms with E-state index in [1.807, 2.05) is 0 Å². The number of alkyl halides is 1. The third-order valence-electron chi connectivity index (χ3n) is 1.44. The van der Waals surface area contributed by atoms with E-state index in [-0.39, 0.29) is 17.2 Å². The number of hydrogen-bond donors (Lipinski definition) is 2. The molecular weight excluding hydrogens is 180 g/mol. The minimum atomic E-state index is -0.414. The zero-order valence-electron chi connectivity index (χ0n) is 6.12. The van der Waals surface area contributed by atoms with Crippen molar-refractivity contribution in [1.82, 2.24) is 0 Å². The summed E-state index contributed by atoms with van der Waals surface area (Å²) >= 11 is 5.27. The maximum absolute atomic E-state index is 11.0. The lowest BCUT2D eigenvalue weighted by Gasteiger charge is -2.01. The molecule has 0 atom stereocenters. The number of hydrogen-bond acceptors (Lipinski definition) is 3. The normalized spacial score (nSPS) is 9.75. The monoisotopic (exact) mass is 186 g/mol. The number of halogens is 1. The van der Waals surface area contributed by atoms with Crippen LogP contribution in [0.4, 0.5) is 0 Å². The molecule has 4 heteroatoms. The van der Waals surface area contributed by atoms with Crippen molar-refractivity contribution in [3.8, 4) is 11.5 Å². The predicted octanol–water partition coefficient (Wildman–Crippen LogP) is 1.52. The van der Waals surface area contributed by atoms with Gasteiger partial charge < -0.3 is 10.2 Å². The molecule has 3 nitrogen and oxygen atoms in total. The topological polar surface area (TPSA) is 57.5 Å². The summed E-state index contributed by atoms with van der Waals surface area (Å²) < 4.78 is 0. The second-order valence-corrected chi connectivity index (χ2v) is 2.50. The highest BCUT2D eigenvalue weighted by Gasteiger charge is 2.11. The summed E-state index contributed by atoms with van der Waals surface area (Å²) in [5, 5.41) is 18.2. The Morgan fingerprint density at radius 3 is 2.67 bits per heavy atom. The van der Waals surface area contributed by atoms with E-state index in [9.17, 15) is 4.79 Å². The molecule has 0 radical (unpaired) electrons. The first-order valence-corrected chi connectivity index (χ1v) is 3.80. The molecule has 0 aromatic heterocycles. The molecule has 0 aliphatic heterocycles. The van der Waals surface area contributed by atoms with Crippen LogP contribution in [0.25, 0.3) is 0 Å².